The molecular formula is C9H19N. The molecule has 60 valence electrons. The Labute approximate surface area is 64.4 Å². The monoisotopic (exact) mass is 141 g/mol. The first-order valence-electron chi connectivity index (χ1n) is 4.46. The van der Waals surface area contributed by atoms with Crippen LogP contribution >= 0.6 is 0 Å². The molecule has 1 aliphatic carbocycles. The van der Waals surface area contributed by atoms with Crippen molar-refractivity contribution in [2.24, 2.45) is 11.8 Å². The first-order chi connectivity index (χ1) is 4.77. The summed E-state index contributed by atoms with van der Waals surface area (Å²) in [5, 5.41) is 0. The molecule has 0 aliphatic heterocycles. The van der Waals surface area contributed by atoms with Gasteiger partial charge in [-0.3, -0.25) is 0 Å². The van der Waals surface area contributed by atoms with Crippen molar-refractivity contribution in [1.29, 1.82) is 0 Å². The first kappa shape index (κ1) is 8.06. The highest BCUT2D eigenvalue weighted by atomic mass is 15.1. The molecule has 0 N–H and O–H groups in total. The number of rotatable bonds is 4. The zero-order chi connectivity index (χ0) is 7.56. The summed E-state index contributed by atoms with van der Waals surface area (Å²) in [6.07, 6.45) is 2.88. The second kappa shape index (κ2) is 3.38. The lowest BCUT2D eigenvalue weighted by Crippen LogP contribution is -2.20. The summed E-state index contributed by atoms with van der Waals surface area (Å²) in [6.45, 7) is 7.06. The highest BCUT2D eigenvalue weighted by molar-refractivity contribution is 4.86. The molecule has 1 heteroatoms. The van der Waals surface area contributed by atoms with E-state index in [-0.39, 0.29) is 0 Å². The predicted octanol–water partition coefficient (Wildman–Crippen LogP) is 1.98. The van der Waals surface area contributed by atoms with Gasteiger partial charge < -0.3 is 4.90 Å². The van der Waals surface area contributed by atoms with Crippen molar-refractivity contribution in [2.45, 2.75) is 26.7 Å². The lowest BCUT2D eigenvalue weighted by molar-refractivity contribution is 0.329. The quantitative estimate of drug-likeness (QED) is 0.578. The van der Waals surface area contributed by atoms with Crippen molar-refractivity contribution in [3.8, 4) is 0 Å². The molecule has 1 rings (SSSR count). The van der Waals surface area contributed by atoms with E-state index >= 15 is 0 Å². The number of nitrogens with zero attached hydrogens (tertiary/aromatic N) is 1. The second-order valence-corrected chi connectivity index (χ2v) is 3.52. The Hall–Kier alpha value is -0.0400. The van der Waals surface area contributed by atoms with Gasteiger partial charge in [-0.1, -0.05) is 20.3 Å². The maximum atomic E-state index is 2.42. The van der Waals surface area contributed by atoms with Crippen LogP contribution in [0.25, 0.3) is 0 Å². The minimum Gasteiger partial charge on any atom is -0.306 e. The molecule has 1 aliphatic rings. The van der Waals surface area contributed by atoms with Crippen LogP contribution in [-0.2, 0) is 0 Å². The van der Waals surface area contributed by atoms with Gasteiger partial charge in [0, 0.05) is 6.54 Å². The Morgan fingerprint density at radius 2 is 2.00 bits per heavy atom. The molecular weight excluding hydrogens is 122 g/mol. The Morgan fingerprint density at radius 3 is 2.40 bits per heavy atom. The molecule has 1 saturated carbocycles. The summed E-state index contributed by atoms with van der Waals surface area (Å²) in [5.74, 6) is 2.10. The third-order valence-corrected chi connectivity index (χ3v) is 2.68. The molecule has 1 fully saturated rings. The van der Waals surface area contributed by atoms with Crippen molar-refractivity contribution in [1.82, 2.24) is 4.90 Å². The van der Waals surface area contributed by atoms with E-state index < -0.39 is 0 Å². The van der Waals surface area contributed by atoms with Crippen LogP contribution in [0.15, 0.2) is 0 Å². The van der Waals surface area contributed by atoms with Gasteiger partial charge in [-0.25, -0.2) is 0 Å². The summed E-state index contributed by atoms with van der Waals surface area (Å²) < 4.78 is 0. The molecule has 0 aromatic heterocycles. The van der Waals surface area contributed by atoms with Gasteiger partial charge in [0.05, 0.1) is 0 Å². The van der Waals surface area contributed by atoms with E-state index in [2.05, 4.69) is 25.8 Å². The third kappa shape index (κ3) is 1.98. The Morgan fingerprint density at radius 1 is 1.30 bits per heavy atom. The Kier molecular flexibility index (Phi) is 2.72. The van der Waals surface area contributed by atoms with Gasteiger partial charge in [-0.2, -0.15) is 0 Å². The predicted molar refractivity (Wildman–Crippen MR) is 45.1 cm³/mol. The minimum atomic E-state index is 1.04. The molecule has 0 heterocycles. The van der Waals surface area contributed by atoms with Gasteiger partial charge in [-0.05, 0) is 31.8 Å². The highest BCUT2D eigenvalue weighted by Gasteiger charge is 2.35. The van der Waals surface area contributed by atoms with Crippen LogP contribution in [0.2, 0.25) is 0 Å². The molecule has 2 atom stereocenters. The van der Waals surface area contributed by atoms with E-state index in [1.54, 1.807) is 0 Å². The summed E-state index contributed by atoms with van der Waals surface area (Å²) in [7, 11) is 2.21. The summed E-state index contributed by atoms with van der Waals surface area (Å²) in [6, 6.07) is 0. The van der Waals surface area contributed by atoms with Gasteiger partial charge in [0.25, 0.3) is 0 Å². The lowest BCUT2D eigenvalue weighted by atomic mass is 10.2. The van der Waals surface area contributed by atoms with Crippen LogP contribution in [-0.4, -0.2) is 25.0 Å². The van der Waals surface area contributed by atoms with Crippen molar-refractivity contribution in [2.75, 3.05) is 20.1 Å². The molecule has 0 aromatic carbocycles. The van der Waals surface area contributed by atoms with Crippen LogP contribution in [0.1, 0.15) is 26.7 Å². The number of hydrogen-bond donors (Lipinski definition) is 0. The average molecular weight is 141 g/mol. The van der Waals surface area contributed by atoms with E-state index in [0.717, 1.165) is 11.8 Å². The second-order valence-electron chi connectivity index (χ2n) is 3.52. The van der Waals surface area contributed by atoms with E-state index in [1.807, 2.05) is 0 Å². The molecule has 2 unspecified atom stereocenters. The minimum absolute atomic E-state index is 1.04. The highest BCUT2D eigenvalue weighted by Crippen LogP contribution is 2.41. The van der Waals surface area contributed by atoms with Gasteiger partial charge in [0.1, 0.15) is 0 Å². The largest absolute Gasteiger partial charge is 0.306 e. The van der Waals surface area contributed by atoms with Crippen molar-refractivity contribution in [3.05, 3.63) is 0 Å². The maximum Gasteiger partial charge on any atom is 0.000924 e. The van der Waals surface area contributed by atoms with Crippen molar-refractivity contribution >= 4 is 0 Å². The van der Waals surface area contributed by atoms with E-state index in [9.17, 15) is 0 Å². The van der Waals surface area contributed by atoms with Crippen LogP contribution in [0.3, 0.4) is 0 Å². The van der Waals surface area contributed by atoms with Gasteiger partial charge in [-0.15, -0.1) is 0 Å². The third-order valence-electron chi connectivity index (χ3n) is 2.68. The maximum absolute atomic E-state index is 2.42. The fraction of sp³-hybridized carbons (Fsp3) is 1.00. The van der Waals surface area contributed by atoms with Gasteiger partial charge in [0.2, 0.25) is 0 Å². The average Bonchev–Trinajstić information content (AvgIpc) is 2.67. The lowest BCUT2D eigenvalue weighted by Gasteiger charge is -2.12. The Balaban J connectivity index is 2.05. The van der Waals surface area contributed by atoms with E-state index in [0.29, 0.717) is 0 Å². The molecule has 0 bridgehead atoms. The van der Waals surface area contributed by atoms with Crippen LogP contribution in [0.4, 0.5) is 0 Å². The normalized spacial score (nSPS) is 31.2. The zero-order valence-electron chi connectivity index (χ0n) is 7.43. The first-order valence-corrected chi connectivity index (χ1v) is 4.46. The van der Waals surface area contributed by atoms with Crippen LogP contribution < -0.4 is 0 Å². The number of hydrogen-bond acceptors (Lipinski definition) is 1. The molecule has 0 radical (unpaired) electrons. The SMILES string of the molecule is CCC1CC1CN(C)CC. The van der Waals surface area contributed by atoms with Gasteiger partial charge in [0.15, 0.2) is 0 Å². The molecule has 0 spiro atoms. The summed E-state index contributed by atoms with van der Waals surface area (Å²) in [4.78, 5) is 2.42. The Bertz CT molecular complexity index is 101. The van der Waals surface area contributed by atoms with E-state index in [4.69, 9.17) is 0 Å². The molecule has 10 heavy (non-hydrogen) atoms. The molecule has 0 saturated heterocycles. The summed E-state index contributed by atoms with van der Waals surface area (Å²) >= 11 is 0. The smallest absolute Gasteiger partial charge is 0.000924 e. The van der Waals surface area contributed by atoms with E-state index in [1.165, 1.54) is 25.9 Å². The summed E-state index contributed by atoms with van der Waals surface area (Å²) in [5.41, 5.74) is 0. The van der Waals surface area contributed by atoms with Gasteiger partial charge >= 0.3 is 0 Å². The van der Waals surface area contributed by atoms with Crippen LogP contribution in [0, 0.1) is 11.8 Å². The van der Waals surface area contributed by atoms with Crippen molar-refractivity contribution in [3.63, 3.8) is 0 Å². The molecule has 0 amide bonds. The standard InChI is InChI=1S/C9H19N/c1-4-8-6-9(8)7-10(3)5-2/h8-9H,4-7H2,1-3H3. The van der Waals surface area contributed by atoms with Crippen LogP contribution in [0.5, 0.6) is 0 Å². The fourth-order valence-corrected chi connectivity index (χ4v) is 1.56. The fourth-order valence-electron chi connectivity index (χ4n) is 1.56. The zero-order valence-corrected chi connectivity index (χ0v) is 7.43. The molecule has 0 aromatic rings. The topological polar surface area (TPSA) is 3.24 Å². The molecule has 1 nitrogen and oxygen atoms in total. The van der Waals surface area contributed by atoms with Crippen molar-refractivity contribution < 1.29 is 0 Å².